The number of carbonyl (C=O) groups excluding carboxylic acids is 1. The second-order valence-corrected chi connectivity index (χ2v) is 6.82. The van der Waals surface area contributed by atoms with Gasteiger partial charge in [0.25, 0.3) is 0 Å². The lowest BCUT2D eigenvalue weighted by atomic mass is 9.95. The van der Waals surface area contributed by atoms with Crippen LogP contribution in [0.1, 0.15) is 36.1 Å². The number of carbonyl (C=O) groups is 1. The lowest BCUT2D eigenvalue weighted by Gasteiger charge is -2.26. The zero-order valence-corrected chi connectivity index (χ0v) is 14.8. The molecule has 1 N–H and O–H groups in total. The van der Waals surface area contributed by atoms with Crippen LogP contribution in [0.25, 0.3) is 0 Å². The highest BCUT2D eigenvalue weighted by Crippen LogP contribution is 2.34. The summed E-state index contributed by atoms with van der Waals surface area (Å²) in [7, 11) is 0. The minimum atomic E-state index is -0.253. The summed E-state index contributed by atoms with van der Waals surface area (Å²) in [5.74, 6) is 1.12. The highest BCUT2D eigenvalue weighted by Gasteiger charge is 2.31. The molecule has 0 radical (unpaired) electrons. The maximum absolute atomic E-state index is 13.9. The van der Waals surface area contributed by atoms with E-state index in [2.05, 4.69) is 5.32 Å². The van der Waals surface area contributed by atoms with Gasteiger partial charge in [0.2, 0.25) is 5.91 Å². The number of amides is 1. The van der Waals surface area contributed by atoms with Crippen LogP contribution in [-0.4, -0.2) is 19.1 Å². The Morgan fingerprint density at radius 3 is 3.08 bits per heavy atom. The number of ether oxygens (including phenoxy) is 2. The molecule has 0 saturated heterocycles. The zero-order valence-electron chi connectivity index (χ0n) is 14.8. The summed E-state index contributed by atoms with van der Waals surface area (Å²) in [5.41, 5.74) is 2.61. The Morgan fingerprint density at radius 2 is 2.23 bits per heavy atom. The van der Waals surface area contributed by atoms with E-state index >= 15 is 0 Å². The van der Waals surface area contributed by atoms with Crippen LogP contribution in [-0.2, 0) is 17.6 Å². The predicted octanol–water partition coefficient (Wildman–Crippen LogP) is 3.58. The molecular weight excluding hydrogens is 333 g/mol. The van der Waals surface area contributed by atoms with Gasteiger partial charge in [-0.1, -0.05) is 12.1 Å². The topological polar surface area (TPSA) is 47.6 Å². The monoisotopic (exact) mass is 355 g/mol. The molecule has 4 nitrogen and oxygen atoms in total. The summed E-state index contributed by atoms with van der Waals surface area (Å²) < 4.78 is 25.2. The smallest absolute Gasteiger partial charge is 0.227 e. The van der Waals surface area contributed by atoms with E-state index in [0.29, 0.717) is 26.1 Å². The normalized spacial score (nSPS) is 20.7. The Kier molecular flexibility index (Phi) is 4.53. The lowest BCUT2D eigenvalue weighted by Crippen LogP contribution is -2.38. The van der Waals surface area contributed by atoms with Crippen molar-refractivity contribution in [2.24, 2.45) is 5.92 Å². The average molecular weight is 355 g/mol. The molecule has 2 unspecified atom stereocenters. The summed E-state index contributed by atoms with van der Waals surface area (Å²) in [6, 6.07) is 10.7. The molecule has 1 aliphatic heterocycles. The number of halogens is 1. The molecule has 0 spiro atoms. The summed E-state index contributed by atoms with van der Waals surface area (Å²) in [4.78, 5) is 12.8. The maximum Gasteiger partial charge on any atom is 0.227 e. The Balaban J connectivity index is 1.46. The number of nitrogens with one attached hydrogen (secondary N) is 1. The lowest BCUT2D eigenvalue weighted by molar-refractivity contribution is -0.127. The third-order valence-electron chi connectivity index (χ3n) is 5.15. The molecule has 0 bridgehead atoms. The summed E-state index contributed by atoms with van der Waals surface area (Å²) in [5, 5.41) is 3.09. The first-order chi connectivity index (χ1) is 12.7. The number of benzene rings is 2. The first-order valence-electron chi connectivity index (χ1n) is 9.12. The van der Waals surface area contributed by atoms with E-state index < -0.39 is 0 Å². The maximum atomic E-state index is 13.9. The molecule has 2 aromatic carbocycles. The van der Waals surface area contributed by atoms with Crippen molar-refractivity contribution in [3.05, 3.63) is 58.9 Å². The SMILES string of the molecule is CCOc1ccc2c(c1)CC(C(=O)NC1CCc3c(F)cccc31)CO2. The number of hydrogen-bond donors (Lipinski definition) is 1. The molecule has 1 heterocycles. The molecule has 2 aliphatic rings. The molecule has 0 fully saturated rings. The van der Waals surface area contributed by atoms with Crippen molar-refractivity contribution in [3.63, 3.8) is 0 Å². The average Bonchev–Trinajstić information content (AvgIpc) is 3.06. The Labute approximate surface area is 152 Å². The van der Waals surface area contributed by atoms with Gasteiger partial charge >= 0.3 is 0 Å². The van der Waals surface area contributed by atoms with Gasteiger partial charge in [-0.3, -0.25) is 4.79 Å². The van der Waals surface area contributed by atoms with Gasteiger partial charge in [0.05, 0.1) is 18.6 Å². The van der Waals surface area contributed by atoms with Gasteiger partial charge in [0.1, 0.15) is 23.9 Å². The number of hydrogen-bond acceptors (Lipinski definition) is 3. The Hall–Kier alpha value is -2.56. The number of fused-ring (bicyclic) bond motifs is 2. The van der Waals surface area contributed by atoms with Crippen molar-refractivity contribution < 1.29 is 18.7 Å². The highest BCUT2D eigenvalue weighted by atomic mass is 19.1. The van der Waals surface area contributed by atoms with Crippen LogP contribution in [0.5, 0.6) is 11.5 Å². The zero-order chi connectivity index (χ0) is 18.1. The summed E-state index contributed by atoms with van der Waals surface area (Å²) >= 11 is 0. The van der Waals surface area contributed by atoms with Crippen LogP contribution in [0.3, 0.4) is 0 Å². The second-order valence-electron chi connectivity index (χ2n) is 6.82. The predicted molar refractivity (Wildman–Crippen MR) is 95.9 cm³/mol. The molecule has 1 aliphatic carbocycles. The van der Waals surface area contributed by atoms with E-state index in [9.17, 15) is 9.18 Å². The quantitative estimate of drug-likeness (QED) is 0.912. The van der Waals surface area contributed by atoms with Gasteiger partial charge in [-0.2, -0.15) is 0 Å². The molecule has 4 rings (SSSR count). The van der Waals surface area contributed by atoms with Gasteiger partial charge in [0, 0.05) is 0 Å². The number of rotatable bonds is 4. The van der Waals surface area contributed by atoms with Gasteiger partial charge in [0.15, 0.2) is 0 Å². The molecule has 2 aromatic rings. The van der Waals surface area contributed by atoms with E-state index in [-0.39, 0.29) is 23.7 Å². The molecular formula is C21H22FNO3. The van der Waals surface area contributed by atoms with Gasteiger partial charge in [-0.25, -0.2) is 4.39 Å². The largest absolute Gasteiger partial charge is 0.494 e. The first kappa shape index (κ1) is 16.9. The fraction of sp³-hybridized carbons (Fsp3) is 0.381. The molecule has 5 heteroatoms. The third kappa shape index (κ3) is 3.14. The Morgan fingerprint density at radius 1 is 1.35 bits per heavy atom. The van der Waals surface area contributed by atoms with Crippen LogP contribution in [0.4, 0.5) is 4.39 Å². The molecule has 26 heavy (non-hydrogen) atoms. The van der Waals surface area contributed by atoms with E-state index in [0.717, 1.165) is 34.6 Å². The first-order valence-corrected chi connectivity index (χ1v) is 9.12. The van der Waals surface area contributed by atoms with Crippen LogP contribution in [0, 0.1) is 11.7 Å². The summed E-state index contributed by atoms with van der Waals surface area (Å²) in [6.07, 6.45) is 2.01. The van der Waals surface area contributed by atoms with Crippen molar-refractivity contribution in [2.45, 2.75) is 32.2 Å². The standard InChI is InChI=1S/C21H22FNO3/c1-2-25-15-6-9-20-13(11-15)10-14(12-26-20)21(24)23-19-8-7-16-17(19)4-3-5-18(16)22/h3-6,9,11,14,19H,2,7-8,10,12H2,1H3,(H,23,24). The molecule has 136 valence electrons. The van der Waals surface area contributed by atoms with E-state index in [1.54, 1.807) is 6.07 Å². The van der Waals surface area contributed by atoms with Gasteiger partial charge in [-0.05, 0) is 67.1 Å². The van der Waals surface area contributed by atoms with Crippen molar-refractivity contribution >= 4 is 5.91 Å². The molecule has 0 saturated carbocycles. The van der Waals surface area contributed by atoms with Crippen molar-refractivity contribution in [1.29, 1.82) is 0 Å². The van der Waals surface area contributed by atoms with Crippen LogP contribution in [0.15, 0.2) is 36.4 Å². The highest BCUT2D eigenvalue weighted by molar-refractivity contribution is 5.80. The van der Waals surface area contributed by atoms with Crippen LogP contribution >= 0.6 is 0 Å². The minimum Gasteiger partial charge on any atom is -0.494 e. The van der Waals surface area contributed by atoms with Gasteiger partial charge < -0.3 is 14.8 Å². The van der Waals surface area contributed by atoms with Gasteiger partial charge in [-0.15, -0.1) is 0 Å². The van der Waals surface area contributed by atoms with Crippen molar-refractivity contribution in [1.82, 2.24) is 5.32 Å². The Bertz CT molecular complexity index is 836. The van der Waals surface area contributed by atoms with E-state index in [1.807, 2.05) is 31.2 Å². The fourth-order valence-corrected chi connectivity index (χ4v) is 3.84. The van der Waals surface area contributed by atoms with Crippen molar-refractivity contribution in [2.75, 3.05) is 13.2 Å². The minimum absolute atomic E-state index is 0.0421. The fourth-order valence-electron chi connectivity index (χ4n) is 3.84. The molecule has 1 amide bonds. The second kappa shape index (κ2) is 6.98. The van der Waals surface area contributed by atoms with E-state index in [4.69, 9.17) is 9.47 Å². The van der Waals surface area contributed by atoms with Crippen LogP contribution in [0.2, 0.25) is 0 Å². The van der Waals surface area contributed by atoms with Crippen molar-refractivity contribution in [3.8, 4) is 11.5 Å². The third-order valence-corrected chi connectivity index (χ3v) is 5.15. The van der Waals surface area contributed by atoms with Crippen LogP contribution < -0.4 is 14.8 Å². The van der Waals surface area contributed by atoms with E-state index in [1.165, 1.54) is 6.07 Å². The summed E-state index contributed by atoms with van der Waals surface area (Å²) in [6.45, 7) is 2.89. The molecule has 2 atom stereocenters. The molecule has 0 aromatic heterocycles.